The van der Waals surface area contributed by atoms with Gasteiger partial charge in [-0.15, -0.1) is 0 Å². The molecule has 0 spiro atoms. The van der Waals surface area contributed by atoms with E-state index in [0.29, 0.717) is 18.3 Å². The lowest BCUT2D eigenvalue weighted by molar-refractivity contribution is -0.128. The van der Waals surface area contributed by atoms with Gasteiger partial charge in [0.05, 0.1) is 6.54 Å². The number of nitrogens with zero attached hydrogens (tertiary/aromatic N) is 3. The number of likely N-dealkylation sites (tertiary alicyclic amines) is 1. The van der Waals surface area contributed by atoms with Crippen molar-refractivity contribution in [1.82, 2.24) is 4.90 Å². The molecule has 2 aliphatic heterocycles. The molecule has 0 aromatic carbocycles. The summed E-state index contributed by atoms with van der Waals surface area (Å²) in [5, 5.41) is 0.573. The minimum atomic E-state index is -0.461. The van der Waals surface area contributed by atoms with Crippen LogP contribution in [0.15, 0.2) is 57.7 Å². The summed E-state index contributed by atoms with van der Waals surface area (Å²) in [5.41, 5.74) is 7.64. The van der Waals surface area contributed by atoms with Gasteiger partial charge in [0.15, 0.2) is 11.6 Å². The number of nitrogens with two attached hydrogens (primary N) is 1. The third kappa shape index (κ3) is 4.52. The van der Waals surface area contributed by atoms with E-state index < -0.39 is 5.54 Å². The average Bonchev–Trinajstić information content (AvgIpc) is 3.00. The van der Waals surface area contributed by atoms with E-state index in [0.717, 1.165) is 16.9 Å². The quantitative estimate of drug-likeness (QED) is 0.591. The second-order valence-electron chi connectivity index (χ2n) is 6.35. The van der Waals surface area contributed by atoms with E-state index in [4.69, 9.17) is 10.7 Å². The summed E-state index contributed by atoms with van der Waals surface area (Å²) >= 11 is 1.55. The lowest BCUT2D eigenvalue weighted by atomic mass is 9.81. The molecule has 0 aliphatic carbocycles. The Morgan fingerprint density at radius 2 is 2.23 bits per heavy atom. The summed E-state index contributed by atoms with van der Waals surface area (Å²) in [6.07, 6.45) is 10.8. The first-order valence-corrected chi connectivity index (χ1v) is 9.45. The summed E-state index contributed by atoms with van der Waals surface area (Å²) in [4.78, 5) is 21.9. The first kappa shape index (κ1) is 20.2. The molecule has 26 heavy (non-hydrogen) atoms. The Labute approximate surface area is 158 Å². The fraction of sp³-hybridized carbons (Fsp3) is 0.421. The van der Waals surface area contributed by atoms with E-state index in [-0.39, 0.29) is 18.3 Å². The van der Waals surface area contributed by atoms with Gasteiger partial charge in [0.25, 0.3) is 0 Å². The zero-order valence-electron chi connectivity index (χ0n) is 15.4. The number of halogens is 1. The van der Waals surface area contributed by atoms with Gasteiger partial charge in [0.1, 0.15) is 5.54 Å². The Hall–Kier alpha value is -2.15. The summed E-state index contributed by atoms with van der Waals surface area (Å²) in [6, 6.07) is 0. The van der Waals surface area contributed by atoms with E-state index in [2.05, 4.69) is 11.1 Å². The zero-order valence-corrected chi connectivity index (χ0v) is 16.2. The first-order valence-electron chi connectivity index (χ1n) is 8.46. The first-order chi connectivity index (χ1) is 12.4. The van der Waals surface area contributed by atoms with Crippen LogP contribution in [0.1, 0.15) is 20.8 Å². The van der Waals surface area contributed by atoms with Crippen LogP contribution in [0.3, 0.4) is 0 Å². The second-order valence-corrected chi connectivity index (χ2v) is 7.39. The van der Waals surface area contributed by atoms with Crippen LogP contribution in [0.5, 0.6) is 0 Å². The molecule has 7 heteroatoms. The number of hydrogen-bond donors (Lipinski definition) is 1. The third-order valence-corrected chi connectivity index (χ3v) is 5.72. The van der Waals surface area contributed by atoms with Crippen molar-refractivity contribution >= 4 is 29.3 Å². The van der Waals surface area contributed by atoms with Gasteiger partial charge in [0, 0.05) is 31.3 Å². The Morgan fingerprint density at radius 3 is 2.88 bits per heavy atom. The summed E-state index contributed by atoms with van der Waals surface area (Å²) in [6.45, 7) is 7.10. The molecule has 0 bridgehead atoms. The van der Waals surface area contributed by atoms with Gasteiger partial charge in [-0.05, 0) is 31.1 Å². The monoisotopic (exact) mass is 376 g/mol. The molecule has 1 saturated heterocycles. The standard InChI is InChI=1S/C19H25FN4OS/c1-4-16(7-5-6-8-22-13-20)9-14(2)19-12-24(15(3)25)10-17(19)11-26-18(21)23-19/h4-9,13,17H,10-12H2,1-3H3,(H2,21,23)/b7-5+,8-6-,14-9+,16-4-,22-13?/t17-,19+/m0/s1. The number of amidine groups is 1. The fourth-order valence-corrected chi connectivity index (χ4v) is 4.29. The number of carbonyl (C=O) groups excluding carboxylic acids is 1. The summed E-state index contributed by atoms with van der Waals surface area (Å²) < 4.78 is 11.8. The highest BCUT2D eigenvalue weighted by atomic mass is 32.2. The lowest BCUT2D eigenvalue weighted by Gasteiger charge is -2.35. The molecule has 0 saturated carbocycles. The highest BCUT2D eigenvalue weighted by Crippen LogP contribution is 2.43. The Balaban J connectivity index is 2.30. The highest BCUT2D eigenvalue weighted by Gasteiger charge is 2.50. The number of carbonyl (C=O) groups is 1. The van der Waals surface area contributed by atoms with Crippen molar-refractivity contribution in [2.75, 3.05) is 18.8 Å². The Kier molecular flexibility index (Phi) is 6.97. The van der Waals surface area contributed by atoms with E-state index >= 15 is 0 Å². The predicted molar refractivity (Wildman–Crippen MR) is 108 cm³/mol. The maximum atomic E-state index is 11.9. The number of thioether (sulfide) groups is 1. The number of amides is 1. The van der Waals surface area contributed by atoms with Crippen molar-refractivity contribution in [3.8, 4) is 0 Å². The van der Waals surface area contributed by atoms with Gasteiger partial charge in [-0.2, -0.15) is 4.39 Å². The van der Waals surface area contributed by atoms with Gasteiger partial charge in [-0.3, -0.25) is 4.79 Å². The Morgan fingerprint density at radius 1 is 1.46 bits per heavy atom. The minimum absolute atomic E-state index is 0.0649. The van der Waals surface area contributed by atoms with Gasteiger partial charge < -0.3 is 10.6 Å². The van der Waals surface area contributed by atoms with Crippen molar-refractivity contribution in [3.05, 3.63) is 47.7 Å². The van der Waals surface area contributed by atoms with Gasteiger partial charge in [-0.25, -0.2) is 9.98 Å². The molecule has 2 N–H and O–H groups in total. The lowest BCUT2D eigenvalue weighted by Crippen LogP contribution is -2.43. The van der Waals surface area contributed by atoms with Gasteiger partial charge in [-0.1, -0.05) is 36.1 Å². The number of hydrogen-bond acceptors (Lipinski definition) is 5. The highest BCUT2D eigenvalue weighted by molar-refractivity contribution is 8.13. The van der Waals surface area contributed by atoms with Crippen molar-refractivity contribution in [1.29, 1.82) is 0 Å². The summed E-state index contributed by atoms with van der Waals surface area (Å²) in [7, 11) is 0. The average molecular weight is 377 g/mol. The number of aliphatic imine (C=N–C) groups is 2. The van der Waals surface area contributed by atoms with Crippen molar-refractivity contribution < 1.29 is 9.18 Å². The second kappa shape index (κ2) is 8.98. The van der Waals surface area contributed by atoms with Crippen LogP contribution >= 0.6 is 11.8 Å². The summed E-state index contributed by atoms with van der Waals surface area (Å²) in [5.74, 6) is 1.17. The maximum Gasteiger partial charge on any atom is 0.219 e. The SMILES string of the molecule is C/C=C(/C=C/C=C\N=CF)\C=C(/C)[C@]12CN(C(C)=O)C[C@H]1CSC(N)=N2. The molecule has 0 aromatic rings. The molecule has 2 atom stereocenters. The number of allylic oxidation sites excluding steroid dienone is 6. The molecule has 1 amide bonds. The van der Waals surface area contributed by atoms with E-state index in [1.165, 1.54) is 6.20 Å². The van der Waals surface area contributed by atoms with Gasteiger partial charge in [0.2, 0.25) is 5.91 Å². The predicted octanol–water partition coefficient (Wildman–Crippen LogP) is 3.23. The van der Waals surface area contributed by atoms with E-state index in [1.807, 2.05) is 30.9 Å². The van der Waals surface area contributed by atoms with Crippen molar-refractivity contribution in [2.45, 2.75) is 26.3 Å². The van der Waals surface area contributed by atoms with Crippen LogP contribution in [0.4, 0.5) is 4.39 Å². The smallest absolute Gasteiger partial charge is 0.219 e. The largest absolute Gasteiger partial charge is 0.379 e. The molecule has 2 heterocycles. The molecule has 0 aromatic heterocycles. The van der Waals surface area contributed by atoms with Crippen molar-refractivity contribution in [3.63, 3.8) is 0 Å². The fourth-order valence-electron chi connectivity index (χ4n) is 3.31. The minimum Gasteiger partial charge on any atom is -0.379 e. The molecular formula is C19H25FN4OS. The van der Waals surface area contributed by atoms with Crippen LogP contribution in [-0.4, -0.2) is 46.8 Å². The van der Waals surface area contributed by atoms with Crippen LogP contribution in [0.2, 0.25) is 0 Å². The van der Waals surface area contributed by atoms with E-state index in [1.54, 1.807) is 30.8 Å². The van der Waals surface area contributed by atoms with Crippen LogP contribution in [0.25, 0.3) is 0 Å². The topological polar surface area (TPSA) is 71.0 Å². The maximum absolute atomic E-state index is 11.9. The van der Waals surface area contributed by atoms with E-state index in [9.17, 15) is 9.18 Å². The normalized spacial score (nSPS) is 27.6. The molecule has 2 aliphatic rings. The third-order valence-electron chi connectivity index (χ3n) is 4.76. The molecule has 2 rings (SSSR count). The number of fused-ring (bicyclic) bond motifs is 1. The molecule has 0 unspecified atom stereocenters. The molecule has 5 nitrogen and oxygen atoms in total. The van der Waals surface area contributed by atoms with Crippen LogP contribution < -0.4 is 5.73 Å². The molecule has 1 fully saturated rings. The van der Waals surface area contributed by atoms with Crippen molar-refractivity contribution in [2.24, 2.45) is 21.6 Å². The molecule has 0 radical (unpaired) electrons. The zero-order chi connectivity index (χ0) is 19.2. The number of rotatable bonds is 5. The molecular weight excluding hydrogens is 351 g/mol. The molecule has 140 valence electrons. The van der Waals surface area contributed by atoms with Gasteiger partial charge >= 0.3 is 0 Å². The van der Waals surface area contributed by atoms with Crippen LogP contribution in [0, 0.1) is 5.92 Å². The Bertz CT molecular complexity index is 723. The van der Waals surface area contributed by atoms with Crippen LogP contribution in [-0.2, 0) is 4.79 Å².